The predicted octanol–water partition coefficient (Wildman–Crippen LogP) is 4.09. The lowest BCUT2D eigenvalue weighted by molar-refractivity contribution is -0.274. The highest BCUT2D eigenvalue weighted by atomic mass is 19.4. The number of benzene rings is 2. The Hall–Kier alpha value is -3.13. The lowest BCUT2D eigenvalue weighted by atomic mass is 10.1. The van der Waals surface area contributed by atoms with Crippen LogP contribution < -0.4 is 20.3 Å². The Labute approximate surface area is 140 Å². The molecule has 2 aliphatic heterocycles. The molecule has 8 heteroatoms. The first kappa shape index (κ1) is 15.4. The number of fused-ring (bicyclic) bond motifs is 3. The van der Waals surface area contributed by atoms with Gasteiger partial charge in [-0.15, -0.1) is 18.7 Å². The zero-order chi connectivity index (χ0) is 17.6. The third kappa shape index (κ3) is 2.76. The first-order chi connectivity index (χ1) is 11.9. The van der Waals surface area contributed by atoms with Crippen LogP contribution in [0.2, 0.25) is 0 Å². The van der Waals surface area contributed by atoms with Crippen LogP contribution in [0.25, 0.3) is 6.08 Å². The minimum absolute atomic E-state index is 0.0600. The molecule has 2 heterocycles. The van der Waals surface area contributed by atoms with E-state index in [0.29, 0.717) is 11.4 Å². The predicted molar refractivity (Wildman–Crippen MR) is 86.3 cm³/mol. The number of aliphatic hydroxyl groups is 1. The number of nitrogens with zero attached hydrogens (tertiary/aromatic N) is 2. The van der Waals surface area contributed by atoms with Crippen LogP contribution in [0.1, 0.15) is 5.56 Å². The van der Waals surface area contributed by atoms with E-state index >= 15 is 0 Å². The van der Waals surface area contributed by atoms with E-state index in [1.54, 1.807) is 11.1 Å². The Kier molecular flexibility index (Phi) is 3.36. The van der Waals surface area contributed by atoms with Crippen molar-refractivity contribution in [1.29, 1.82) is 0 Å². The van der Waals surface area contributed by atoms with Gasteiger partial charge in [-0.2, -0.15) is 0 Å². The molecule has 0 saturated carbocycles. The smallest absolute Gasteiger partial charge is 0.492 e. The monoisotopic (exact) mass is 347 g/mol. The molecule has 4 rings (SSSR count). The Bertz CT molecular complexity index is 875. The minimum atomic E-state index is -4.74. The molecule has 0 spiro atoms. The van der Waals surface area contributed by atoms with Gasteiger partial charge in [0.25, 0.3) is 0 Å². The summed E-state index contributed by atoms with van der Waals surface area (Å²) in [6.45, 7) is 0. The van der Waals surface area contributed by atoms with Gasteiger partial charge in [0, 0.05) is 0 Å². The van der Waals surface area contributed by atoms with E-state index in [2.05, 4.69) is 10.3 Å². The first-order valence-electron chi connectivity index (χ1n) is 7.35. The zero-order valence-electron chi connectivity index (χ0n) is 12.7. The lowest BCUT2D eigenvalue weighted by Crippen LogP contribution is -2.42. The highest BCUT2D eigenvalue weighted by molar-refractivity contribution is 5.78. The summed E-state index contributed by atoms with van der Waals surface area (Å²) in [5.41, 5.74) is 5.83. The van der Waals surface area contributed by atoms with Gasteiger partial charge in [-0.05, 0) is 42.0 Å². The fourth-order valence-corrected chi connectivity index (χ4v) is 2.73. The summed E-state index contributed by atoms with van der Waals surface area (Å²) < 4.78 is 40.6. The van der Waals surface area contributed by atoms with Gasteiger partial charge in [-0.3, -0.25) is 5.01 Å². The SMILES string of the molecule is OC1=C2C=Cc3ccccc3N2NN1c1ccc(OC(F)(F)F)cc1. The number of nitrogens with one attached hydrogen (secondary N) is 1. The number of hydrogen-bond acceptors (Lipinski definition) is 5. The molecule has 0 unspecified atom stereocenters. The van der Waals surface area contributed by atoms with E-state index in [-0.39, 0.29) is 11.6 Å². The number of allylic oxidation sites excluding steroid dienone is 1. The zero-order valence-corrected chi connectivity index (χ0v) is 12.7. The van der Waals surface area contributed by atoms with Crippen LogP contribution in [0.15, 0.2) is 66.2 Å². The van der Waals surface area contributed by atoms with Crippen molar-refractivity contribution in [3.8, 4) is 5.75 Å². The number of rotatable bonds is 2. The fraction of sp³-hybridized carbons (Fsp3) is 0.0588. The fourth-order valence-electron chi connectivity index (χ4n) is 2.73. The molecule has 0 amide bonds. The number of hydrogen-bond donors (Lipinski definition) is 2. The number of alkyl halides is 3. The second kappa shape index (κ2) is 5.45. The van der Waals surface area contributed by atoms with E-state index in [1.165, 1.54) is 29.3 Å². The Morgan fingerprint density at radius 1 is 0.920 bits per heavy atom. The number of ether oxygens (including phenoxy) is 1. The normalized spacial score (nSPS) is 16.1. The van der Waals surface area contributed by atoms with Gasteiger partial charge in [-0.25, -0.2) is 5.01 Å². The van der Waals surface area contributed by atoms with Gasteiger partial charge in [0.05, 0.1) is 11.4 Å². The van der Waals surface area contributed by atoms with Crippen LogP contribution >= 0.6 is 0 Å². The summed E-state index contributed by atoms with van der Waals surface area (Å²) in [7, 11) is 0. The molecule has 0 fully saturated rings. The van der Waals surface area contributed by atoms with E-state index < -0.39 is 6.36 Å². The number of para-hydroxylation sites is 1. The molecule has 0 aromatic heterocycles. The minimum Gasteiger partial charge on any atom is -0.492 e. The molecule has 25 heavy (non-hydrogen) atoms. The Balaban J connectivity index is 1.62. The Morgan fingerprint density at radius 3 is 2.36 bits per heavy atom. The molecule has 0 atom stereocenters. The van der Waals surface area contributed by atoms with Gasteiger partial charge in [0.2, 0.25) is 5.88 Å². The molecule has 0 aliphatic carbocycles. The van der Waals surface area contributed by atoms with Crippen LogP contribution in [0.5, 0.6) is 5.75 Å². The van der Waals surface area contributed by atoms with Crippen LogP contribution in [-0.2, 0) is 0 Å². The Morgan fingerprint density at radius 2 is 1.64 bits per heavy atom. The van der Waals surface area contributed by atoms with Gasteiger partial charge >= 0.3 is 6.36 Å². The van der Waals surface area contributed by atoms with Crippen molar-refractivity contribution in [3.05, 3.63) is 71.8 Å². The summed E-state index contributed by atoms with van der Waals surface area (Å²) in [5, 5.41) is 13.5. The molecule has 0 bridgehead atoms. The molecule has 2 aromatic carbocycles. The van der Waals surface area contributed by atoms with Crippen molar-refractivity contribution >= 4 is 17.5 Å². The van der Waals surface area contributed by atoms with Crippen LogP contribution in [0, 0.1) is 0 Å². The summed E-state index contributed by atoms with van der Waals surface area (Å²) in [5.74, 6) is -0.388. The lowest BCUT2D eigenvalue weighted by Gasteiger charge is -2.26. The van der Waals surface area contributed by atoms with E-state index in [4.69, 9.17) is 0 Å². The first-order valence-corrected chi connectivity index (χ1v) is 7.35. The highest BCUT2D eigenvalue weighted by Gasteiger charge is 2.33. The molecule has 128 valence electrons. The van der Waals surface area contributed by atoms with E-state index in [0.717, 1.165) is 11.3 Å². The average molecular weight is 347 g/mol. The van der Waals surface area contributed by atoms with Crippen molar-refractivity contribution in [2.24, 2.45) is 0 Å². The summed E-state index contributed by atoms with van der Waals surface area (Å²) in [4.78, 5) is 0. The van der Waals surface area contributed by atoms with Gasteiger partial charge in [0.15, 0.2) is 0 Å². The molecule has 2 aliphatic rings. The van der Waals surface area contributed by atoms with Crippen LogP contribution in [0.4, 0.5) is 24.5 Å². The van der Waals surface area contributed by atoms with E-state index in [1.807, 2.05) is 30.3 Å². The highest BCUT2D eigenvalue weighted by Crippen LogP contribution is 2.36. The standard InChI is InChI=1S/C17H12F3N3O2/c18-17(19,20)25-13-8-6-12(7-9-13)22-16(24)15-10-5-11-3-1-2-4-14(11)23(15)21-22/h1-10,21,24H. The van der Waals surface area contributed by atoms with Crippen molar-refractivity contribution in [2.45, 2.75) is 6.36 Å². The molecule has 0 radical (unpaired) electrons. The molecule has 2 N–H and O–H groups in total. The molecule has 5 nitrogen and oxygen atoms in total. The largest absolute Gasteiger partial charge is 0.573 e. The molecule has 0 saturated heterocycles. The van der Waals surface area contributed by atoms with Crippen molar-refractivity contribution in [2.75, 3.05) is 10.0 Å². The summed E-state index contributed by atoms with van der Waals surface area (Å²) >= 11 is 0. The quantitative estimate of drug-likeness (QED) is 0.857. The average Bonchev–Trinajstić information content (AvgIpc) is 2.92. The van der Waals surface area contributed by atoms with Gasteiger partial charge < -0.3 is 9.84 Å². The van der Waals surface area contributed by atoms with Crippen molar-refractivity contribution in [1.82, 2.24) is 5.53 Å². The molecular weight excluding hydrogens is 335 g/mol. The van der Waals surface area contributed by atoms with Gasteiger partial charge in [0.1, 0.15) is 11.4 Å². The van der Waals surface area contributed by atoms with Crippen LogP contribution in [0.3, 0.4) is 0 Å². The van der Waals surface area contributed by atoms with Gasteiger partial charge in [-0.1, -0.05) is 24.3 Å². The number of anilines is 2. The second-order valence-corrected chi connectivity index (χ2v) is 5.41. The number of aliphatic hydroxyl groups excluding tert-OH is 1. The topological polar surface area (TPSA) is 48.0 Å². The van der Waals surface area contributed by atoms with E-state index in [9.17, 15) is 18.3 Å². The maximum absolute atomic E-state index is 12.2. The van der Waals surface area contributed by atoms with Crippen LogP contribution in [-0.4, -0.2) is 11.5 Å². The van der Waals surface area contributed by atoms with Crippen molar-refractivity contribution in [3.63, 3.8) is 0 Å². The third-order valence-electron chi connectivity index (χ3n) is 3.81. The number of hydrazine groups is 2. The number of halogens is 3. The maximum Gasteiger partial charge on any atom is 0.573 e. The second-order valence-electron chi connectivity index (χ2n) is 5.41. The molecular formula is C17H12F3N3O2. The summed E-state index contributed by atoms with van der Waals surface area (Å²) in [6.07, 6.45) is -1.11. The summed E-state index contributed by atoms with van der Waals surface area (Å²) in [6, 6.07) is 12.8. The third-order valence-corrected chi connectivity index (χ3v) is 3.81. The molecule has 2 aromatic rings. The maximum atomic E-state index is 12.2. The van der Waals surface area contributed by atoms with Crippen molar-refractivity contribution < 1.29 is 23.0 Å².